The Morgan fingerprint density at radius 1 is 1.67 bits per heavy atom. The molecule has 0 aliphatic heterocycles. The minimum Gasteiger partial charge on any atom is -0.477 e. The van der Waals surface area contributed by atoms with Crippen molar-refractivity contribution in [3.05, 3.63) is 29.1 Å². The summed E-state index contributed by atoms with van der Waals surface area (Å²) in [6, 6.07) is 1.85. The second kappa shape index (κ2) is 3.34. The SMILES string of the molecule is CCc1ccnc(C(=O)O)c1C. The number of carbonyl (C=O) groups is 1. The molecule has 64 valence electrons. The smallest absolute Gasteiger partial charge is 0.354 e. The van der Waals surface area contributed by atoms with Gasteiger partial charge in [-0.1, -0.05) is 6.92 Å². The summed E-state index contributed by atoms with van der Waals surface area (Å²) in [5, 5.41) is 8.72. The Kier molecular flexibility index (Phi) is 2.43. The van der Waals surface area contributed by atoms with Crippen LogP contribution in [0.5, 0.6) is 0 Å². The summed E-state index contributed by atoms with van der Waals surface area (Å²) in [7, 11) is 0. The molecule has 0 saturated carbocycles. The van der Waals surface area contributed by atoms with E-state index < -0.39 is 5.97 Å². The van der Waals surface area contributed by atoms with E-state index in [0.29, 0.717) is 0 Å². The van der Waals surface area contributed by atoms with Gasteiger partial charge in [0.15, 0.2) is 5.69 Å². The van der Waals surface area contributed by atoms with Crippen LogP contribution in [0.25, 0.3) is 0 Å². The maximum Gasteiger partial charge on any atom is 0.354 e. The summed E-state index contributed by atoms with van der Waals surface area (Å²) in [4.78, 5) is 14.4. The average molecular weight is 165 g/mol. The number of hydrogen-bond donors (Lipinski definition) is 1. The highest BCUT2D eigenvalue weighted by atomic mass is 16.4. The minimum atomic E-state index is -0.956. The lowest BCUT2D eigenvalue weighted by Gasteiger charge is -2.03. The van der Waals surface area contributed by atoms with Crippen molar-refractivity contribution in [1.29, 1.82) is 0 Å². The Balaban J connectivity index is 3.23. The third-order valence-electron chi connectivity index (χ3n) is 1.90. The number of aryl methyl sites for hydroxylation is 1. The third kappa shape index (κ3) is 1.44. The Morgan fingerprint density at radius 3 is 2.83 bits per heavy atom. The first kappa shape index (κ1) is 8.71. The van der Waals surface area contributed by atoms with E-state index in [1.54, 1.807) is 6.92 Å². The number of rotatable bonds is 2. The molecule has 1 N–H and O–H groups in total. The molecule has 0 saturated heterocycles. The van der Waals surface area contributed by atoms with E-state index in [9.17, 15) is 4.79 Å². The molecule has 1 aromatic heterocycles. The molecule has 0 fully saturated rings. The molecule has 0 aliphatic carbocycles. The maximum absolute atomic E-state index is 10.6. The van der Waals surface area contributed by atoms with Gasteiger partial charge in [-0.05, 0) is 30.5 Å². The number of nitrogens with zero attached hydrogens (tertiary/aromatic N) is 1. The molecule has 3 heteroatoms. The van der Waals surface area contributed by atoms with E-state index in [1.807, 2.05) is 13.0 Å². The van der Waals surface area contributed by atoms with Crippen LogP contribution in [0.15, 0.2) is 12.3 Å². The van der Waals surface area contributed by atoms with E-state index in [-0.39, 0.29) is 5.69 Å². The van der Waals surface area contributed by atoms with Gasteiger partial charge in [-0.25, -0.2) is 9.78 Å². The van der Waals surface area contributed by atoms with Crippen molar-refractivity contribution in [3.63, 3.8) is 0 Å². The molecule has 0 aromatic carbocycles. The lowest BCUT2D eigenvalue weighted by atomic mass is 10.1. The minimum absolute atomic E-state index is 0.161. The van der Waals surface area contributed by atoms with E-state index in [0.717, 1.165) is 17.5 Å². The largest absolute Gasteiger partial charge is 0.477 e. The third-order valence-corrected chi connectivity index (χ3v) is 1.90. The van der Waals surface area contributed by atoms with Crippen LogP contribution in [-0.4, -0.2) is 16.1 Å². The van der Waals surface area contributed by atoms with Gasteiger partial charge in [0.25, 0.3) is 0 Å². The quantitative estimate of drug-likeness (QED) is 0.724. The zero-order chi connectivity index (χ0) is 9.14. The van der Waals surface area contributed by atoms with Gasteiger partial charge in [-0.15, -0.1) is 0 Å². The molecule has 0 aliphatic rings. The molecule has 1 rings (SSSR count). The van der Waals surface area contributed by atoms with Crippen LogP contribution in [-0.2, 0) is 6.42 Å². The molecule has 1 aromatic rings. The molecular weight excluding hydrogens is 154 g/mol. The monoisotopic (exact) mass is 165 g/mol. The fraction of sp³-hybridized carbons (Fsp3) is 0.333. The van der Waals surface area contributed by atoms with Gasteiger partial charge in [-0.2, -0.15) is 0 Å². The normalized spacial score (nSPS) is 9.83. The molecule has 0 spiro atoms. The van der Waals surface area contributed by atoms with Crippen LogP contribution < -0.4 is 0 Å². The van der Waals surface area contributed by atoms with Crippen molar-refractivity contribution in [2.45, 2.75) is 20.3 Å². The van der Waals surface area contributed by atoms with Crippen molar-refractivity contribution < 1.29 is 9.90 Å². The molecule has 0 bridgehead atoms. The first-order chi connectivity index (χ1) is 5.66. The zero-order valence-electron chi connectivity index (χ0n) is 7.16. The first-order valence-electron chi connectivity index (χ1n) is 3.84. The lowest BCUT2D eigenvalue weighted by molar-refractivity contribution is 0.0689. The highest BCUT2D eigenvalue weighted by Crippen LogP contribution is 2.11. The van der Waals surface area contributed by atoms with Crippen LogP contribution in [0, 0.1) is 6.92 Å². The van der Waals surface area contributed by atoms with Crippen LogP contribution in [0.4, 0.5) is 0 Å². The van der Waals surface area contributed by atoms with Gasteiger partial charge < -0.3 is 5.11 Å². The van der Waals surface area contributed by atoms with Crippen molar-refractivity contribution in [3.8, 4) is 0 Å². The maximum atomic E-state index is 10.6. The van der Waals surface area contributed by atoms with Crippen molar-refractivity contribution in [2.24, 2.45) is 0 Å². The van der Waals surface area contributed by atoms with Gasteiger partial charge in [0.05, 0.1) is 0 Å². The highest BCUT2D eigenvalue weighted by Gasteiger charge is 2.09. The average Bonchev–Trinajstić information content (AvgIpc) is 2.04. The summed E-state index contributed by atoms with van der Waals surface area (Å²) >= 11 is 0. The molecule has 12 heavy (non-hydrogen) atoms. The molecule has 1 heterocycles. The Labute approximate surface area is 71.1 Å². The summed E-state index contributed by atoms with van der Waals surface area (Å²) in [6.45, 7) is 3.78. The molecule has 0 amide bonds. The zero-order valence-corrected chi connectivity index (χ0v) is 7.16. The van der Waals surface area contributed by atoms with Crippen molar-refractivity contribution in [1.82, 2.24) is 4.98 Å². The summed E-state index contributed by atoms with van der Waals surface area (Å²) < 4.78 is 0. The summed E-state index contributed by atoms with van der Waals surface area (Å²) in [6.07, 6.45) is 2.38. The van der Waals surface area contributed by atoms with Gasteiger partial charge >= 0.3 is 5.97 Å². The number of pyridine rings is 1. The number of aromatic carboxylic acids is 1. The Bertz CT molecular complexity index is 307. The van der Waals surface area contributed by atoms with Crippen molar-refractivity contribution >= 4 is 5.97 Å². The van der Waals surface area contributed by atoms with Crippen molar-refractivity contribution in [2.75, 3.05) is 0 Å². The fourth-order valence-corrected chi connectivity index (χ4v) is 1.17. The van der Waals surface area contributed by atoms with Crippen LogP contribution in [0.3, 0.4) is 0 Å². The molecule has 3 nitrogen and oxygen atoms in total. The van der Waals surface area contributed by atoms with Crippen LogP contribution in [0.1, 0.15) is 28.5 Å². The molecule has 0 unspecified atom stereocenters. The van der Waals surface area contributed by atoms with Gasteiger partial charge in [0.2, 0.25) is 0 Å². The number of carboxylic acids is 1. The molecule has 0 radical (unpaired) electrons. The standard InChI is InChI=1S/C9H11NO2/c1-3-7-4-5-10-8(6(7)2)9(11)12/h4-5H,3H2,1-2H3,(H,11,12). The predicted octanol–water partition coefficient (Wildman–Crippen LogP) is 1.65. The number of carboxylic acid groups (broad SMARTS) is 1. The van der Waals surface area contributed by atoms with Gasteiger partial charge in [-0.3, -0.25) is 0 Å². The van der Waals surface area contributed by atoms with Crippen LogP contribution >= 0.6 is 0 Å². The Hall–Kier alpha value is -1.38. The molecule has 0 atom stereocenters. The van der Waals surface area contributed by atoms with Gasteiger partial charge in [0, 0.05) is 6.20 Å². The first-order valence-corrected chi connectivity index (χ1v) is 3.84. The fourth-order valence-electron chi connectivity index (χ4n) is 1.17. The van der Waals surface area contributed by atoms with E-state index in [4.69, 9.17) is 5.11 Å². The number of hydrogen-bond acceptors (Lipinski definition) is 2. The second-order valence-electron chi connectivity index (χ2n) is 2.60. The number of aromatic nitrogens is 1. The summed E-state index contributed by atoms with van der Waals surface area (Å²) in [5.41, 5.74) is 1.98. The van der Waals surface area contributed by atoms with Crippen LogP contribution in [0.2, 0.25) is 0 Å². The summed E-state index contributed by atoms with van der Waals surface area (Å²) in [5.74, 6) is -0.956. The van der Waals surface area contributed by atoms with E-state index >= 15 is 0 Å². The highest BCUT2D eigenvalue weighted by molar-refractivity contribution is 5.87. The second-order valence-corrected chi connectivity index (χ2v) is 2.60. The Morgan fingerprint density at radius 2 is 2.33 bits per heavy atom. The topological polar surface area (TPSA) is 50.2 Å². The van der Waals surface area contributed by atoms with E-state index in [1.165, 1.54) is 6.20 Å². The molecular formula is C9H11NO2. The van der Waals surface area contributed by atoms with E-state index in [2.05, 4.69) is 4.98 Å². The van der Waals surface area contributed by atoms with Gasteiger partial charge in [0.1, 0.15) is 0 Å². The predicted molar refractivity (Wildman–Crippen MR) is 45.3 cm³/mol. The lowest BCUT2D eigenvalue weighted by Crippen LogP contribution is -2.05.